The molecule has 132 valence electrons. The Morgan fingerprint density at radius 1 is 1.08 bits per heavy atom. The van der Waals surface area contributed by atoms with Gasteiger partial charge in [0.15, 0.2) is 0 Å². The van der Waals surface area contributed by atoms with Crippen molar-refractivity contribution in [2.75, 3.05) is 19.0 Å². The molecule has 0 radical (unpaired) electrons. The second-order valence-electron chi connectivity index (χ2n) is 5.85. The Morgan fingerprint density at radius 3 is 2.40 bits per heavy atom. The number of anilines is 1. The quantitative estimate of drug-likeness (QED) is 0.753. The van der Waals surface area contributed by atoms with Gasteiger partial charge in [-0.05, 0) is 55.3 Å². The fraction of sp³-hybridized carbons (Fsp3) is 0.316. The first-order valence-electron chi connectivity index (χ1n) is 8.38. The number of hydrazine groups is 1. The van der Waals surface area contributed by atoms with Crippen molar-refractivity contribution in [3.8, 4) is 11.5 Å². The van der Waals surface area contributed by atoms with Gasteiger partial charge in [0.2, 0.25) is 5.91 Å². The lowest BCUT2D eigenvalue weighted by Crippen LogP contribution is -2.39. The number of ether oxygens (including phenoxy) is 2. The van der Waals surface area contributed by atoms with Crippen LogP contribution in [0.25, 0.3) is 0 Å². The van der Waals surface area contributed by atoms with Gasteiger partial charge in [-0.3, -0.25) is 4.79 Å². The number of carbonyl (C=O) groups excluding carboxylic acids is 1. The van der Waals surface area contributed by atoms with Crippen molar-refractivity contribution in [3.63, 3.8) is 0 Å². The Hall–Kier alpha value is -2.57. The lowest BCUT2D eigenvalue weighted by Gasteiger charge is -2.11. The van der Waals surface area contributed by atoms with E-state index in [1.165, 1.54) is 0 Å². The van der Waals surface area contributed by atoms with Crippen LogP contribution in [-0.4, -0.2) is 25.7 Å². The van der Waals surface area contributed by atoms with Crippen LogP contribution >= 0.6 is 0 Å². The van der Waals surface area contributed by atoms with E-state index in [4.69, 9.17) is 9.47 Å². The molecule has 25 heavy (non-hydrogen) atoms. The molecule has 6 heteroatoms. The van der Waals surface area contributed by atoms with E-state index in [1.807, 2.05) is 55.5 Å². The third kappa shape index (κ3) is 4.29. The predicted octanol–water partition coefficient (Wildman–Crippen LogP) is 2.64. The minimum absolute atomic E-state index is 0.0638. The second kappa shape index (κ2) is 8.00. The summed E-state index contributed by atoms with van der Waals surface area (Å²) in [5, 5.41) is 2.92. The van der Waals surface area contributed by atoms with Crippen molar-refractivity contribution < 1.29 is 14.3 Å². The van der Waals surface area contributed by atoms with Crippen molar-refractivity contribution >= 4 is 11.6 Å². The molecule has 1 heterocycles. The second-order valence-corrected chi connectivity index (χ2v) is 5.85. The Bertz CT molecular complexity index is 701. The Morgan fingerprint density at radius 2 is 1.76 bits per heavy atom. The zero-order valence-corrected chi connectivity index (χ0v) is 14.4. The zero-order valence-electron chi connectivity index (χ0n) is 14.4. The molecular formula is C19H23N3O3. The van der Waals surface area contributed by atoms with E-state index in [0.29, 0.717) is 13.0 Å². The van der Waals surface area contributed by atoms with Crippen molar-refractivity contribution in [1.82, 2.24) is 10.9 Å². The lowest BCUT2D eigenvalue weighted by atomic mass is 10.0. The number of nitrogens with one attached hydrogen (secondary N) is 3. The molecule has 1 fully saturated rings. The van der Waals surface area contributed by atoms with E-state index >= 15 is 0 Å². The topological polar surface area (TPSA) is 71.6 Å². The highest BCUT2D eigenvalue weighted by molar-refractivity contribution is 5.95. The summed E-state index contributed by atoms with van der Waals surface area (Å²) >= 11 is 0. The normalized spacial score (nSPS) is 19.4. The molecule has 2 unspecified atom stereocenters. The molecule has 0 aromatic heterocycles. The number of benzene rings is 2. The highest BCUT2D eigenvalue weighted by atomic mass is 16.5. The molecule has 1 saturated heterocycles. The number of methoxy groups -OCH3 is 1. The summed E-state index contributed by atoms with van der Waals surface area (Å²) in [7, 11) is 1.61. The van der Waals surface area contributed by atoms with E-state index in [0.717, 1.165) is 22.7 Å². The molecule has 2 aromatic carbocycles. The molecule has 0 aliphatic carbocycles. The number of carbonyl (C=O) groups is 1. The summed E-state index contributed by atoms with van der Waals surface area (Å²) in [6.45, 7) is 2.61. The van der Waals surface area contributed by atoms with Crippen LogP contribution in [0.5, 0.6) is 11.5 Å². The van der Waals surface area contributed by atoms with Gasteiger partial charge in [0.05, 0.1) is 13.7 Å². The average molecular weight is 341 g/mol. The molecule has 0 spiro atoms. The Kier molecular flexibility index (Phi) is 5.53. The molecule has 3 N–H and O–H groups in total. The lowest BCUT2D eigenvalue weighted by molar-refractivity contribution is -0.117. The van der Waals surface area contributed by atoms with Crippen LogP contribution in [0.1, 0.15) is 24.9 Å². The van der Waals surface area contributed by atoms with Crippen LogP contribution < -0.4 is 25.6 Å². The van der Waals surface area contributed by atoms with E-state index < -0.39 is 0 Å². The van der Waals surface area contributed by atoms with Crippen molar-refractivity contribution in [1.29, 1.82) is 0 Å². The van der Waals surface area contributed by atoms with E-state index in [-0.39, 0.29) is 18.0 Å². The van der Waals surface area contributed by atoms with Gasteiger partial charge in [-0.25, -0.2) is 10.9 Å². The molecule has 1 amide bonds. The third-order valence-corrected chi connectivity index (χ3v) is 4.17. The van der Waals surface area contributed by atoms with E-state index in [9.17, 15) is 4.79 Å². The molecule has 0 saturated carbocycles. The third-order valence-electron chi connectivity index (χ3n) is 4.17. The van der Waals surface area contributed by atoms with Gasteiger partial charge in [0.1, 0.15) is 17.5 Å². The summed E-state index contributed by atoms with van der Waals surface area (Å²) in [5.41, 5.74) is 8.13. The van der Waals surface area contributed by atoms with Crippen molar-refractivity contribution in [2.24, 2.45) is 0 Å². The SMILES string of the molecule is CCOc1ccc(C2CC(C(=O)Nc3ccc(OC)cc3)NN2)cc1. The summed E-state index contributed by atoms with van der Waals surface area (Å²) in [5.74, 6) is 1.55. The summed E-state index contributed by atoms with van der Waals surface area (Å²) in [6, 6.07) is 15.0. The van der Waals surface area contributed by atoms with Crippen LogP contribution in [0, 0.1) is 0 Å². The van der Waals surface area contributed by atoms with Gasteiger partial charge < -0.3 is 14.8 Å². The molecule has 2 atom stereocenters. The highest BCUT2D eigenvalue weighted by Gasteiger charge is 2.30. The molecule has 2 aromatic rings. The smallest absolute Gasteiger partial charge is 0.242 e. The van der Waals surface area contributed by atoms with Gasteiger partial charge in [-0.15, -0.1) is 0 Å². The fourth-order valence-electron chi connectivity index (χ4n) is 2.81. The maximum Gasteiger partial charge on any atom is 0.242 e. The van der Waals surface area contributed by atoms with E-state index in [1.54, 1.807) is 7.11 Å². The van der Waals surface area contributed by atoms with Crippen molar-refractivity contribution in [2.45, 2.75) is 25.4 Å². The van der Waals surface area contributed by atoms with Crippen LogP contribution in [-0.2, 0) is 4.79 Å². The molecule has 1 aliphatic rings. The number of amides is 1. The van der Waals surface area contributed by atoms with Crippen molar-refractivity contribution in [3.05, 3.63) is 54.1 Å². The van der Waals surface area contributed by atoms with Gasteiger partial charge in [-0.1, -0.05) is 12.1 Å². The maximum atomic E-state index is 12.4. The van der Waals surface area contributed by atoms with Gasteiger partial charge in [0.25, 0.3) is 0 Å². The van der Waals surface area contributed by atoms with Gasteiger partial charge >= 0.3 is 0 Å². The first-order chi connectivity index (χ1) is 12.2. The largest absolute Gasteiger partial charge is 0.497 e. The summed E-state index contributed by atoms with van der Waals surface area (Å²) in [6.07, 6.45) is 0.677. The molecule has 1 aliphatic heterocycles. The number of hydrogen-bond acceptors (Lipinski definition) is 5. The molecule has 3 rings (SSSR count). The minimum Gasteiger partial charge on any atom is -0.497 e. The molecule has 6 nitrogen and oxygen atoms in total. The number of hydrogen-bond donors (Lipinski definition) is 3. The Labute approximate surface area is 147 Å². The van der Waals surface area contributed by atoms with Gasteiger partial charge in [0, 0.05) is 11.7 Å². The molecule has 0 bridgehead atoms. The first kappa shape index (κ1) is 17.3. The van der Waals surface area contributed by atoms with Gasteiger partial charge in [-0.2, -0.15) is 0 Å². The Balaban J connectivity index is 1.56. The summed E-state index contributed by atoms with van der Waals surface area (Å²) < 4.78 is 10.6. The first-order valence-corrected chi connectivity index (χ1v) is 8.38. The standard InChI is InChI=1S/C19H23N3O3/c1-3-25-16-8-4-13(5-9-16)17-12-18(22-21-17)19(23)20-14-6-10-15(24-2)11-7-14/h4-11,17-18,21-22H,3,12H2,1-2H3,(H,20,23). The monoisotopic (exact) mass is 341 g/mol. The number of rotatable bonds is 6. The van der Waals surface area contributed by atoms with E-state index in [2.05, 4.69) is 16.2 Å². The maximum absolute atomic E-state index is 12.4. The fourth-order valence-corrected chi connectivity index (χ4v) is 2.81. The molecular weight excluding hydrogens is 318 g/mol. The van der Waals surface area contributed by atoms with Crippen LogP contribution in [0.4, 0.5) is 5.69 Å². The minimum atomic E-state index is -0.293. The highest BCUT2D eigenvalue weighted by Crippen LogP contribution is 2.25. The van der Waals surface area contributed by atoms with Crippen LogP contribution in [0.3, 0.4) is 0 Å². The van der Waals surface area contributed by atoms with Crippen LogP contribution in [0.15, 0.2) is 48.5 Å². The van der Waals surface area contributed by atoms with Crippen LogP contribution in [0.2, 0.25) is 0 Å². The zero-order chi connectivity index (χ0) is 17.6. The summed E-state index contributed by atoms with van der Waals surface area (Å²) in [4.78, 5) is 12.4. The predicted molar refractivity (Wildman–Crippen MR) is 96.7 cm³/mol. The average Bonchev–Trinajstić information content (AvgIpc) is 3.13.